The summed E-state index contributed by atoms with van der Waals surface area (Å²) in [6.07, 6.45) is 4.03. The van der Waals surface area contributed by atoms with Crippen LogP contribution in [0.1, 0.15) is 0 Å². The fraction of sp³-hybridized carbons (Fsp3) is 0. The Morgan fingerprint density at radius 3 is 1.85 bits per heavy atom. The number of aromatic nitrogens is 3. The van der Waals surface area contributed by atoms with Crippen LogP contribution in [0.15, 0.2) is 176 Å². The highest BCUT2D eigenvalue weighted by Crippen LogP contribution is 2.50. The molecule has 12 rings (SSSR count). The Bertz CT molecular complexity index is 3280. The largest absolute Gasteiger partial charge is 0.309 e. The third-order valence-corrected chi connectivity index (χ3v) is 11.3. The van der Waals surface area contributed by atoms with Crippen LogP contribution in [0.3, 0.4) is 0 Å². The van der Waals surface area contributed by atoms with Gasteiger partial charge in [0.25, 0.3) is 0 Å². The van der Waals surface area contributed by atoms with E-state index in [-0.39, 0.29) is 0 Å². The summed E-state index contributed by atoms with van der Waals surface area (Å²) in [5.74, 6) is 0. The quantitative estimate of drug-likeness (QED) is 0.185. The fourth-order valence-corrected chi connectivity index (χ4v) is 9.04. The Morgan fingerprint density at radius 1 is 0.365 bits per heavy atom. The molecule has 0 atom stereocenters. The molecular formula is C49H29N3. The molecule has 0 aliphatic heterocycles. The number of benzene rings is 8. The summed E-state index contributed by atoms with van der Waals surface area (Å²) in [6, 6.07) is 60.2. The van der Waals surface area contributed by atoms with Gasteiger partial charge in [0.1, 0.15) is 0 Å². The summed E-state index contributed by atoms with van der Waals surface area (Å²) in [5, 5.41) is 9.96. The first kappa shape index (κ1) is 27.8. The molecule has 1 aliphatic rings. The average Bonchev–Trinajstić information content (AvgIpc) is 3.83. The molecule has 0 spiro atoms. The van der Waals surface area contributed by atoms with E-state index in [1.807, 2.05) is 12.4 Å². The minimum Gasteiger partial charge on any atom is -0.309 e. The molecule has 240 valence electrons. The van der Waals surface area contributed by atoms with Gasteiger partial charge in [0.05, 0.1) is 27.8 Å². The van der Waals surface area contributed by atoms with Crippen LogP contribution in [0, 0.1) is 0 Å². The van der Waals surface area contributed by atoms with Crippen LogP contribution in [0.25, 0.3) is 110 Å². The van der Waals surface area contributed by atoms with Crippen molar-refractivity contribution in [3.63, 3.8) is 0 Å². The van der Waals surface area contributed by atoms with Gasteiger partial charge in [-0.25, -0.2) is 0 Å². The van der Waals surface area contributed by atoms with Gasteiger partial charge in [-0.15, -0.1) is 0 Å². The predicted octanol–water partition coefficient (Wildman–Crippen LogP) is 12.9. The lowest BCUT2D eigenvalue weighted by molar-refractivity contribution is 1.18. The van der Waals surface area contributed by atoms with Gasteiger partial charge in [-0.2, -0.15) is 0 Å². The van der Waals surface area contributed by atoms with Gasteiger partial charge in [0, 0.05) is 61.5 Å². The lowest BCUT2D eigenvalue weighted by Crippen LogP contribution is -1.97. The lowest BCUT2D eigenvalue weighted by Gasteiger charge is -2.14. The Labute approximate surface area is 299 Å². The molecule has 0 bridgehead atoms. The normalized spacial score (nSPS) is 12.2. The van der Waals surface area contributed by atoms with E-state index in [9.17, 15) is 0 Å². The molecule has 0 N–H and O–H groups in total. The highest BCUT2D eigenvalue weighted by molar-refractivity contribution is 6.19. The average molecular weight is 660 g/mol. The van der Waals surface area contributed by atoms with E-state index in [0.29, 0.717) is 0 Å². The van der Waals surface area contributed by atoms with Crippen molar-refractivity contribution in [1.29, 1.82) is 0 Å². The first-order valence-electron chi connectivity index (χ1n) is 17.9. The number of hydrogen-bond donors (Lipinski definition) is 0. The van der Waals surface area contributed by atoms with E-state index in [2.05, 4.69) is 173 Å². The maximum absolute atomic E-state index is 4.70. The van der Waals surface area contributed by atoms with Crippen LogP contribution in [-0.4, -0.2) is 14.1 Å². The second-order valence-corrected chi connectivity index (χ2v) is 14.0. The molecule has 3 nitrogen and oxygen atoms in total. The topological polar surface area (TPSA) is 22.8 Å². The van der Waals surface area contributed by atoms with E-state index in [1.54, 1.807) is 0 Å². The molecule has 8 aromatic carbocycles. The summed E-state index contributed by atoms with van der Waals surface area (Å²) in [7, 11) is 0. The predicted molar refractivity (Wildman–Crippen MR) is 218 cm³/mol. The number of pyridine rings is 1. The second-order valence-electron chi connectivity index (χ2n) is 14.0. The highest BCUT2D eigenvalue weighted by Gasteiger charge is 2.26. The monoisotopic (exact) mass is 659 g/mol. The molecule has 0 unspecified atom stereocenters. The molecule has 0 saturated heterocycles. The molecule has 3 aromatic heterocycles. The molecule has 11 aromatic rings. The number of para-hydroxylation sites is 2. The van der Waals surface area contributed by atoms with Crippen molar-refractivity contribution < 1.29 is 0 Å². The van der Waals surface area contributed by atoms with Gasteiger partial charge in [0.2, 0.25) is 0 Å². The van der Waals surface area contributed by atoms with Crippen LogP contribution in [0.2, 0.25) is 0 Å². The van der Waals surface area contributed by atoms with Gasteiger partial charge >= 0.3 is 0 Å². The van der Waals surface area contributed by atoms with E-state index in [4.69, 9.17) is 4.98 Å². The van der Waals surface area contributed by atoms with E-state index in [0.717, 1.165) is 0 Å². The Kier molecular flexibility index (Phi) is 5.50. The van der Waals surface area contributed by atoms with Gasteiger partial charge in [-0.3, -0.25) is 4.98 Å². The van der Waals surface area contributed by atoms with Crippen LogP contribution in [0.5, 0.6) is 0 Å². The van der Waals surface area contributed by atoms with Crippen molar-refractivity contribution in [3.05, 3.63) is 176 Å². The van der Waals surface area contributed by atoms with E-state index < -0.39 is 0 Å². The number of hydrogen-bond acceptors (Lipinski definition) is 1. The second kappa shape index (κ2) is 10.3. The smallest absolute Gasteiger partial charge is 0.0547 e. The molecule has 3 heteroatoms. The first-order chi connectivity index (χ1) is 25.8. The van der Waals surface area contributed by atoms with Gasteiger partial charge in [0.15, 0.2) is 0 Å². The third-order valence-electron chi connectivity index (χ3n) is 11.3. The van der Waals surface area contributed by atoms with Crippen molar-refractivity contribution in [2.24, 2.45) is 0 Å². The standard InChI is InChI=1S/C49H29N3/c1-2-13-35(14-3-1)51-43-18-7-6-15-36(43)39-25-32(20-22-44(39)51)33-21-23-45-40(26-33)41-24-30-10-4-5-11-31(30)27-47(41)52(45)46-19-9-17-38-37-16-8-12-34-28-50-29-42(48(34)37)49(38)46/h1-29H. The molecule has 1 aliphatic carbocycles. The molecule has 0 fully saturated rings. The van der Waals surface area contributed by atoms with Gasteiger partial charge in [-0.05, 0) is 93.7 Å². The zero-order valence-electron chi connectivity index (χ0n) is 28.1. The summed E-state index contributed by atoms with van der Waals surface area (Å²) >= 11 is 0. The SMILES string of the molecule is c1ccc(-n2c3ccccc3c3cc(-c4ccc5c(c4)c4cc6ccccc6cc4n5-c4cccc5c4-c4cncc6cccc-5c46)ccc32)cc1. The van der Waals surface area contributed by atoms with Crippen molar-refractivity contribution in [3.8, 4) is 44.8 Å². The third kappa shape index (κ3) is 3.72. The highest BCUT2D eigenvalue weighted by atomic mass is 15.0. The zero-order valence-corrected chi connectivity index (χ0v) is 28.1. The minimum atomic E-state index is 1.17. The fourth-order valence-electron chi connectivity index (χ4n) is 9.04. The summed E-state index contributed by atoms with van der Waals surface area (Å²) in [6.45, 7) is 0. The first-order valence-corrected chi connectivity index (χ1v) is 17.9. The zero-order chi connectivity index (χ0) is 33.9. The Morgan fingerprint density at radius 2 is 1.00 bits per heavy atom. The van der Waals surface area contributed by atoms with E-state index in [1.165, 1.54) is 110 Å². The van der Waals surface area contributed by atoms with Crippen LogP contribution >= 0.6 is 0 Å². The van der Waals surface area contributed by atoms with Crippen molar-refractivity contribution in [1.82, 2.24) is 14.1 Å². The number of nitrogens with zero attached hydrogens (tertiary/aromatic N) is 3. The summed E-state index contributed by atoms with van der Waals surface area (Å²) < 4.78 is 4.87. The maximum atomic E-state index is 4.70. The summed E-state index contributed by atoms with van der Waals surface area (Å²) in [4.78, 5) is 4.70. The number of fused-ring (bicyclic) bond motifs is 10. The molecule has 0 radical (unpaired) electrons. The van der Waals surface area contributed by atoms with Gasteiger partial charge < -0.3 is 9.13 Å². The summed E-state index contributed by atoms with van der Waals surface area (Å²) in [5.41, 5.74) is 14.6. The molecule has 0 saturated carbocycles. The van der Waals surface area contributed by atoms with Gasteiger partial charge in [-0.1, -0.05) is 103 Å². The lowest BCUT2D eigenvalue weighted by atomic mass is 10.00. The Hall–Kier alpha value is -6.97. The van der Waals surface area contributed by atoms with Crippen molar-refractivity contribution in [2.75, 3.05) is 0 Å². The van der Waals surface area contributed by atoms with E-state index >= 15 is 0 Å². The van der Waals surface area contributed by atoms with Crippen molar-refractivity contribution in [2.45, 2.75) is 0 Å². The van der Waals surface area contributed by atoms with Crippen LogP contribution in [0.4, 0.5) is 0 Å². The van der Waals surface area contributed by atoms with Crippen LogP contribution in [-0.2, 0) is 0 Å². The maximum Gasteiger partial charge on any atom is 0.0547 e. The molecule has 52 heavy (non-hydrogen) atoms. The molecule has 3 heterocycles. The van der Waals surface area contributed by atoms with Crippen molar-refractivity contribution >= 4 is 65.2 Å². The molecular weight excluding hydrogens is 631 g/mol. The number of rotatable bonds is 3. The Balaban J connectivity index is 1.12. The molecule has 0 amide bonds. The van der Waals surface area contributed by atoms with Crippen LogP contribution < -0.4 is 0 Å². The minimum absolute atomic E-state index is 1.17.